The summed E-state index contributed by atoms with van der Waals surface area (Å²) >= 11 is 0. The Morgan fingerprint density at radius 1 is 1.27 bits per heavy atom. The van der Waals surface area contributed by atoms with Crippen LogP contribution in [0.25, 0.3) is 0 Å². The van der Waals surface area contributed by atoms with Gasteiger partial charge in [-0.1, -0.05) is 19.4 Å². The molecule has 1 atom stereocenters. The quantitative estimate of drug-likeness (QED) is 0.236. The van der Waals surface area contributed by atoms with E-state index in [2.05, 4.69) is 45.7 Å². The fourth-order valence-electron chi connectivity index (χ4n) is 3.70. The Labute approximate surface area is 216 Å². The Bertz CT molecular complexity index is 703. The van der Waals surface area contributed by atoms with E-state index >= 15 is 0 Å². The fourth-order valence-corrected chi connectivity index (χ4v) is 3.70. The van der Waals surface area contributed by atoms with Gasteiger partial charge in [-0.15, -0.1) is 24.0 Å². The van der Waals surface area contributed by atoms with Crippen molar-refractivity contribution in [3.05, 3.63) is 30.1 Å². The Morgan fingerprint density at radius 2 is 2.00 bits per heavy atom. The number of hydrogen-bond donors (Lipinski definition) is 3. The number of alkyl carbamates (subject to hydrolysis) is 1. The molecule has 8 nitrogen and oxygen atoms in total. The molecule has 1 saturated heterocycles. The van der Waals surface area contributed by atoms with Crippen molar-refractivity contribution < 1.29 is 9.53 Å². The number of guanidine groups is 1. The molecule has 2 rings (SSSR count). The molecule has 0 aliphatic carbocycles. The molecule has 1 amide bonds. The van der Waals surface area contributed by atoms with Gasteiger partial charge < -0.3 is 20.7 Å². The van der Waals surface area contributed by atoms with Crippen LogP contribution in [0.2, 0.25) is 0 Å². The second-order valence-corrected chi connectivity index (χ2v) is 9.37. The summed E-state index contributed by atoms with van der Waals surface area (Å²) in [6.45, 7) is 14.1. The van der Waals surface area contributed by atoms with E-state index in [1.165, 1.54) is 0 Å². The first-order valence-corrected chi connectivity index (χ1v) is 12.0. The molecule has 2 heterocycles. The van der Waals surface area contributed by atoms with E-state index in [9.17, 15) is 4.79 Å². The molecule has 0 saturated carbocycles. The van der Waals surface area contributed by atoms with E-state index in [1.54, 1.807) is 0 Å². The zero-order valence-corrected chi connectivity index (χ0v) is 23.2. The number of piperidine rings is 1. The first kappa shape index (κ1) is 29.4. The van der Waals surface area contributed by atoms with Gasteiger partial charge in [-0.2, -0.15) is 0 Å². The third kappa shape index (κ3) is 12.4. The van der Waals surface area contributed by atoms with Gasteiger partial charge >= 0.3 is 6.09 Å². The highest BCUT2D eigenvalue weighted by atomic mass is 127. The summed E-state index contributed by atoms with van der Waals surface area (Å²) in [7, 11) is 0. The summed E-state index contributed by atoms with van der Waals surface area (Å²) in [5, 5.41) is 9.89. The minimum absolute atomic E-state index is 0. The molecular formula is C24H43IN6O2. The van der Waals surface area contributed by atoms with Crippen molar-refractivity contribution in [2.75, 3.05) is 26.2 Å². The number of hydrogen-bond acceptors (Lipinski definition) is 5. The number of aromatic nitrogens is 1. The van der Waals surface area contributed by atoms with Gasteiger partial charge in [-0.25, -0.2) is 4.79 Å². The Hall–Kier alpha value is -1.62. The van der Waals surface area contributed by atoms with E-state index in [0.717, 1.165) is 63.5 Å². The highest BCUT2D eigenvalue weighted by Gasteiger charge is 2.21. The topological polar surface area (TPSA) is 90.9 Å². The van der Waals surface area contributed by atoms with Crippen molar-refractivity contribution in [3.63, 3.8) is 0 Å². The Balaban J connectivity index is 0.00000544. The standard InChI is InChI=1S/C24H42N6O2.HI/c1-6-10-20(29-23(31)32-24(3,4)5)17-27-22(25-7-2)28-19-12-15-30(16-13-19)18-21-11-8-9-14-26-21;/h8-9,11,14,19-20H,6-7,10,12-13,15-18H2,1-5H3,(H,29,31)(H2,25,27,28);1H. The number of nitrogens with one attached hydrogen (secondary N) is 3. The molecule has 1 aliphatic rings. The number of amides is 1. The maximum Gasteiger partial charge on any atom is 0.407 e. The number of pyridine rings is 1. The predicted octanol–water partition coefficient (Wildman–Crippen LogP) is 3.91. The number of ether oxygens (including phenoxy) is 1. The largest absolute Gasteiger partial charge is 0.444 e. The molecule has 1 aliphatic heterocycles. The van der Waals surface area contributed by atoms with Crippen LogP contribution in [0.5, 0.6) is 0 Å². The first-order valence-electron chi connectivity index (χ1n) is 12.0. The summed E-state index contributed by atoms with van der Waals surface area (Å²) in [4.78, 5) is 23.8. The normalized spacial score (nSPS) is 16.5. The number of rotatable bonds is 9. The SMILES string of the molecule is CCCC(CN=C(NCC)NC1CCN(Cc2ccccn2)CC1)NC(=O)OC(C)(C)C.I. The second-order valence-electron chi connectivity index (χ2n) is 9.37. The molecular weight excluding hydrogens is 531 g/mol. The molecule has 3 N–H and O–H groups in total. The highest BCUT2D eigenvalue weighted by Crippen LogP contribution is 2.13. The summed E-state index contributed by atoms with van der Waals surface area (Å²) in [5.41, 5.74) is 0.611. The van der Waals surface area contributed by atoms with Gasteiger partial charge in [0.2, 0.25) is 0 Å². The lowest BCUT2D eigenvalue weighted by molar-refractivity contribution is 0.0503. The Morgan fingerprint density at radius 3 is 2.58 bits per heavy atom. The van der Waals surface area contributed by atoms with Crippen molar-refractivity contribution >= 4 is 36.0 Å². The molecule has 1 aromatic rings. The van der Waals surface area contributed by atoms with E-state index in [0.29, 0.717) is 12.6 Å². The van der Waals surface area contributed by atoms with Crippen LogP contribution in [0, 0.1) is 0 Å². The molecule has 33 heavy (non-hydrogen) atoms. The summed E-state index contributed by atoms with van der Waals surface area (Å²) < 4.78 is 5.40. The van der Waals surface area contributed by atoms with Gasteiger partial charge in [-0.05, 0) is 59.1 Å². The number of carbonyl (C=O) groups is 1. The van der Waals surface area contributed by atoms with Gasteiger partial charge in [0, 0.05) is 38.4 Å². The molecule has 0 aromatic carbocycles. The predicted molar refractivity (Wildman–Crippen MR) is 145 cm³/mol. The minimum atomic E-state index is -0.508. The van der Waals surface area contributed by atoms with E-state index in [4.69, 9.17) is 9.73 Å². The van der Waals surface area contributed by atoms with Crippen LogP contribution in [-0.2, 0) is 11.3 Å². The van der Waals surface area contributed by atoms with Gasteiger partial charge in [-0.3, -0.25) is 14.9 Å². The highest BCUT2D eigenvalue weighted by molar-refractivity contribution is 14.0. The third-order valence-corrected chi connectivity index (χ3v) is 5.21. The lowest BCUT2D eigenvalue weighted by atomic mass is 10.0. The number of aliphatic imine (C=N–C) groups is 1. The van der Waals surface area contributed by atoms with Crippen molar-refractivity contribution in [2.45, 2.75) is 84.5 Å². The maximum absolute atomic E-state index is 12.2. The van der Waals surface area contributed by atoms with Crippen LogP contribution in [0.4, 0.5) is 4.79 Å². The van der Waals surface area contributed by atoms with E-state index < -0.39 is 5.60 Å². The van der Waals surface area contributed by atoms with Gasteiger partial charge in [0.25, 0.3) is 0 Å². The summed E-state index contributed by atoms with van der Waals surface area (Å²) in [6.07, 6.45) is 5.41. The van der Waals surface area contributed by atoms with Crippen molar-refractivity contribution in [2.24, 2.45) is 4.99 Å². The zero-order valence-electron chi connectivity index (χ0n) is 20.9. The summed E-state index contributed by atoms with van der Waals surface area (Å²) in [5.74, 6) is 0.808. The molecule has 1 fully saturated rings. The molecule has 0 bridgehead atoms. The van der Waals surface area contributed by atoms with Crippen LogP contribution < -0.4 is 16.0 Å². The summed E-state index contributed by atoms with van der Waals surface area (Å²) in [6, 6.07) is 6.41. The van der Waals surface area contributed by atoms with Crippen molar-refractivity contribution in [3.8, 4) is 0 Å². The van der Waals surface area contributed by atoms with Crippen LogP contribution in [0.15, 0.2) is 29.4 Å². The van der Waals surface area contributed by atoms with Gasteiger partial charge in [0.15, 0.2) is 5.96 Å². The third-order valence-electron chi connectivity index (χ3n) is 5.21. The monoisotopic (exact) mass is 574 g/mol. The zero-order chi connectivity index (χ0) is 23.4. The van der Waals surface area contributed by atoms with Crippen LogP contribution in [-0.4, -0.2) is 65.8 Å². The average molecular weight is 575 g/mol. The number of nitrogens with zero attached hydrogens (tertiary/aromatic N) is 3. The van der Waals surface area contributed by atoms with Gasteiger partial charge in [0.05, 0.1) is 18.3 Å². The lowest BCUT2D eigenvalue weighted by Gasteiger charge is -2.33. The average Bonchev–Trinajstić information content (AvgIpc) is 2.73. The van der Waals surface area contributed by atoms with Crippen LogP contribution in [0.3, 0.4) is 0 Å². The molecule has 0 radical (unpaired) electrons. The van der Waals surface area contributed by atoms with Crippen molar-refractivity contribution in [1.82, 2.24) is 25.8 Å². The molecule has 1 aromatic heterocycles. The van der Waals surface area contributed by atoms with E-state index in [-0.39, 0.29) is 36.1 Å². The number of halogens is 1. The number of carbonyl (C=O) groups excluding carboxylic acids is 1. The minimum Gasteiger partial charge on any atom is -0.444 e. The maximum atomic E-state index is 12.2. The van der Waals surface area contributed by atoms with Gasteiger partial charge in [0.1, 0.15) is 5.60 Å². The van der Waals surface area contributed by atoms with Crippen LogP contribution >= 0.6 is 24.0 Å². The lowest BCUT2D eigenvalue weighted by Crippen LogP contribution is -2.49. The second kappa shape index (κ2) is 15.3. The van der Waals surface area contributed by atoms with Crippen LogP contribution in [0.1, 0.15) is 66.0 Å². The molecule has 9 heteroatoms. The van der Waals surface area contributed by atoms with E-state index in [1.807, 2.05) is 39.1 Å². The smallest absolute Gasteiger partial charge is 0.407 e. The molecule has 188 valence electrons. The van der Waals surface area contributed by atoms with Crippen molar-refractivity contribution in [1.29, 1.82) is 0 Å². The number of likely N-dealkylation sites (tertiary alicyclic amines) is 1. The molecule has 1 unspecified atom stereocenters. The Kier molecular flexibility index (Phi) is 13.6. The molecule has 0 spiro atoms. The first-order chi connectivity index (χ1) is 15.3. The fraction of sp³-hybridized carbons (Fsp3) is 0.708.